The van der Waals surface area contributed by atoms with Crippen molar-refractivity contribution in [3.8, 4) is 17.2 Å². The second-order valence-electron chi connectivity index (χ2n) is 4.51. The van der Waals surface area contributed by atoms with E-state index >= 15 is 0 Å². The number of halogens is 1. The van der Waals surface area contributed by atoms with Crippen molar-refractivity contribution < 1.29 is 14.2 Å². The van der Waals surface area contributed by atoms with E-state index in [9.17, 15) is 0 Å². The van der Waals surface area contributed by atoms with Crippen LogP contribution in [0.25, 0.3) is 0 Å². The van der Waals surface area contributed by atoms with Gasteiger partial charge in [-0.05, 0) is 29.8 Å². The number of methoxy groups -OCH3 is 3. The summed E-state index contributed by atoms with van der Waals surface area (Å²) in [5.74, 6) is 2.14. The molecule has 0 saturated carbocycles. The second kappa shape index (κ2) is 6.83. The van der Waals surface area contributed by atoms with Crippen molar-refractivity contribution in [3.63, 3.8) is 0 Å². The molecule has 2 aromatic rings. The fourth-order valence-corrected chi connectivity index (χ4v) is 2.47. The lowest BCUT2D eigenvalue weighted by atomic mass is 9.98. The SMILES string of the molecule is COc1cc(OC)cc(C(N)c2ccc(Br)cc2OC)c1. The van der Waals surface area contributed by atoms with Gasteiger partial charge in [0.2, 0.25) is 0 Å². The van der Waals surface area contributed by atoms with Crippen molar-refractivity contribution in [3.05, 3.63) is 52.0 Å². The highest BCUT2D eigenvalue weighted by atomic mass is 79.9. The summed E-state index contributed by atoms with van der Waals surface area (Å²) in [4.78, 5) is 0. The summed E-state index contributed by atoms with van der Waals surface area (Å²) in [5, 5.41) is 0. The van der Waals surface area contributed by atoms with Crippen LogP contribution in [0.4, 0.5) is 0 Å². The molecule has 0 aliphatic rings. The van der Waals surface area contributed by atoms with Gasteiger partial charge in [-0.1, -0.05) is 22.0 Å². The van der Waals surface area contributed by atoms with Crippen LogP contribution in [0.15, 0.2) is 40.9 Å². The van der Waals surface area contributed by atoms with Crippen LogP contribution in [0.5, 0.6) is 17.2 Å². The van der Waals surface area contributed by atoms with Crippen LogP contribution in [0.3, 0.4) is 0 Å². The van der Waals surface area contributed by atoms with E-state index in [2.05, 4.69) is 15.9 Å². The van der Waals surface area contributed by atoms with Gasteiger partial charge in [0, 0.05) is 16.1 Å². The van der Waals surface area contributed by atoms with Crippen molar-refractivity contribution in [2.75, 3.05) is 21.3 Å². The van der Waals surface area contributed by atoms with Gasteiger partial charge in [0.05, 0.1) is 27.4 Å². The van der Waals surface area contributed by atoms with Crippen LogP contribution in [-0.2, 0) is 0 Å². The highest BCUT2D eigenvalue weighted by Gasteiger charge is 2.16. The minimum absolute atomic E-state index is 0.336. The minimum Gasteiger partial charge on any atom is -0.497 e. The Morgan fingerprint density at radius 3 is 2.05 bits per heavy atom. The lowest BCUT2D eigenvalue weighted by Gasteiger charge is -2.18. The van der Waals surface area contributed by atoms with Gasteiger partial charge >= 0.3 is 0 Å². The fourth-order valence-electron chi connectivity index (χ4n) is 2.13. The topological polar surface area (TPSA) is 53.7 Å². The molecule has 0 radical (unpaired) electrons. The van der Waals surface area contributed by atoms with Gasteiger partial charge in [0.15, 0.2) is 0 Å². The maximum atomic E-state index is 6.38. The number of hydrogen-bond donors (Lipinski definition) is 1. The Labute approximate surface area is 132 Å². The maximum Gasteiger partial charge on any atom is 0.125 e. The first kappa shape index (κ1) is 15.7. The quantitative estimate of drug-likeness (QED) is 0.895. The standard InChI is InChI=1S/C16H18BrNO3/c1-19-12-6-10(7-13(9-12)20-2)16(18)14-5-4-11(17)8-15(14)21-3/h4-9,16H,18H2,1-3H3. The third-order valence-corrected chi connectivity index (χ3v) is 3.76. The van der Waals surface area contributed by atoms with Gasteiger partial charge in [-0.2, -0.15) is 0 Å². The summed E-state index contributed by atoms with van der Waals surface area (Å²) in [6, 6.07) is 11.1. The molecule has 0 saturated heterocycles. The molecule has 0 amide bonds. The van der Waals surface area contributed by atoms with E-state index in [1.165, 1.54) is 0 Å². The molecule has 0 spiro atoms. The van der Waals surface area contributed by atoms with Gasteiger partial charge in [0.25, 0.3) is 0 Å². The number of benzene rings is 2. The first-order valence-corrected chi connectivity index (χ1v) is 7.20. The monoisotopic (exact) mass is 351 g/mol. The predicted octanol–water partition coefficient (Wildman–Crippen LogP) is 3.52. The van der Waals surface area contributed by atoms with Crippen LogP contribution in [-0.4, -0.2) is 21.3 Å². The molecule has 1 atom stereocenters. The third-order valence-electron chi connectivity index (χ3n) is 3.26. The average molecular weight is 352 g/mol. The molecule has 0 heterocycles. The fraction of sp³-hybridized carbons (Fsp3) is 0.250. The predicted molar refractivity (Wildman–Crippen MR) is 86.3 cm³/mol. The maximum absolute atomic E-state index is 6.38. The molecule has 0 bridgehead atoms. The van der Waals surface area contributed by atoms with Gasteiger partial charge in [-0.15, -0.1) is 0 Å². The molecule has 5 heteroatoms. The number of nitrogens with two attached hydrogens (primary N) is 1. The summed E-state index contributed by atoms with van der Waals surface area (Å²) in [5.41, 5.74) is 8.18. The van der Waals surface area contributed by atoms with Crippen LogP contribution in [0, 0.1) is 0 Å². The zero-order chi connectivity index (χ0) is 15.4. The summed E-state index contributed by atoms with van der Waals surface area (Å²) < 4.78 is 16.9. The number of hydrogen-bond acceptors (Lipinski definition) is 4. The van der Waals surface area contributed by atoms with Gasteiger partial charge in [-0.3, -0.25) is 0 Å². The Morgan fingerprint density at radius 2 is 1.52 bits per heavy atom. The van der Waals surface area contributed by atoms with Crippen molar-refractivity contribution >= 4 is 15.9 Å². The Morgan fingerprint density at radius 1 is 0.905 bits per heavy atom. The molecule has 112 valence electrons. The van der Waals surface area contributed by atoms with Crippen molar-refractivity contribution in [1.82, 2.24) is 0 Å². The molecule has 2 rings (SSSR count). The Hall–Kier alpha value is -1.72. The summed E-state index contributed by atoms with van der Waals surface area (Å²) in [7, 11) is 4.86. The summed E-state index contributed by atoms with van der Waals surface area (Å²) >= 11 is 3.43. The Kier molecular flexibility index (Phi) is 5.09. The highest BCUT2D eigenvalue weighted by molar-refractivity contribution is 9.10. The molecule has 0 fully saturated rings. The minimum atomic E-state index is -0.336. The normalized spacial score (nSPS) is 11.9. The highest BCUT2D eigenvalue weighted by Crippen LogP contribution is 2.34. The second-order valence-corrected chi connectivity index (χ2v) is 5.43. The number of rotatable bonds is 5. The lowest BCUT2D eigenvalue weighted by molar-refractivity contribution is 0.392. The van der Waals surface area contributed by atoms with Crippen LogP contribution in [0.2, 0.25) is 0 Å². The molecule has 4 nitrogen and oxygen atoms in total. The molecule has 0 aromatic heterocycles. The smallest absolute Gasteiger partial charge is 0.125 e. The first-order chi connectivity index (χ1) is 10.1. The van der Waals surface area contributed by atoms with Gasteiger partial charge < -0.3 is 19.9 Å². The first-order valence-electron chi connectivity index (χ1n) is 6.41. The third kappa shape index (κ3) is 3.49. The molecule has 2 N–H and O–H groups in total. The molecular weight excluding hydrogens is 334 g/mol. The lowest BCUT2D eigenvalue weighted by Crippen LogP contribution is -2.13. The van der Waals surface area contributed by atoms with Crippen molar-refractivity contribution in [2.45, 2.75) is 6.04 Å². The van der Waals surface area contributed by atoms with Crippen molar-refractivity contribution in [2.24, 2.45) is 5.73 Å². The van der Waals surface area contributed by atoms with Crippen molar-refractivity contribution in [1.29, 1.82) is 0 Å². The zero-order valence-electron chi connectivity index (χ0n) is 12.2. The van der Waals surface area contributed by atoms with Gasteiger partial charge in [-0.25, -0.2) is 0 Å². The summed E-state index contributed by atoms with van der Waals surface area (Å²) in [6.45, 7) is 0. The van der Waals surface area contributed by atoms with E-state index in [4.69, 9.17) is 19.9 Å². The van der Waals surface area contributed by atoms with E-state index < -0.39 is 0 Å². The summed E-state index contributed by atoms with van der Waals surface area (Å²) in [6.07, 6.45) is 0. The largest absolute Gasteiger partial charge is 0.497 e. The molecule has 0 aliphatic carbocycles. The molecule has 0 aliphatic heterocycles. The number of ether oxygens (including phenoxy) is 3. The molecule has 2 aromatic carbocycles. The van der Waals surface area contributed by atoms with Crippen LogP contribution in [0.1, 0.15) is 17.2 Å². The molecule has 1 unspecified atom stereocenters. The average Bonchev–Trinajstić information content (AvgIpc) is 2.53. The van der Waals surface area contributed by atoms with E-state index in [1.807, 2.05) is 36.4 Å². The van der Waals surface area contributed by atoms with E-state index in [-0.39, 0.29) is 6.04 Å². The van der Waals surface area contributed by atoms with E-state index in [1.54, 1.807) is 21.3 Å². The molecular formula is C16H18BrNO3. The van der Waals surface area contributed by atoms with Crippen LogP contribution >= 0.6 is 15.9 Å². The van der Waals surface area contributed by atoms with Crippen LogP contribution < -0.4 is 19.9 Å². The van der Waals surface area contributed by atoms with E-state index in [0.29, 0.717) is 11.5 Å². The van der Waals surface area contributed by atoms with Gasteiger partial charge in [0.1, 0.15) is 17.2 Å². The Bertz CT molecular complexity index is 609. The molecule has 21 heavy (non-hydrogen) atoms. The van der Waals surface area contributed by atoms with E-state index in [0.717, 1.165) is 21.3 Å². The zero-order valence-corrected chi connectivity index (χ0v) is 13.8. The Balaban J connectivity index is 2.46.